The van der Waals surface area contributed by atoms with E-state index in [4.69, 9.17) is 4.74 Å². The molecule has 32 heavy (non-hydrogen) atoms. The first-order chi connectivity index (χ1) is 15.1. The smallest absolute Gasteiger partial charge is 0.326 e. The Balaban J connectivity index is 1.89. The maximum atomic E-state index is 13.1. The Bertz CT molecular complexity index is 1060. The molecular weight excluding hydrogens is 404 g/mol. The minimum Gasteiger partial charge on any atom is -0.459 e. The van der Waals surface area contributed by atoms with Crippen LogP contribution in [0.4, 0.5) is 5.69 Å². The standard InChI is InChI=1S/C25H28N4O3/c1-25(2,3)32-23(30)17-29-22(11-8-18-12-14-26-15-13-18)27-21(24(29)31)16-19-6-9-20(10-7-19)28(4)5/h6-16H,17H2,1-5H3/b11-8+,21-16-. The van der Waals surface area contributed by atoms with E-state index < -0.39 is 11.6 Å². The second-order valence-corrected chi connectivity index (χ2v) is 8.58. The van der Waals surface area contributed by atoms with Crippen molar-refractivity contribution in [1.82, 2.24) is 9.88 Å². The Morgan fingerprint density at radius 3 is 2.28 bits per heavy atom. The maximum Gasteiger partial charge on any atom is 0.326 e. The summed E-state index contributed by atoms with van der Waals surface area (Å²) < 4.78 is 5.40. The number of aliphatic imine (C=N–C) groups is 1. The molecule has 0 bridgehead atoms. The molecule has 2 aromatic rings. The molecule has 0 saturated carbocycles. The summed E-state index contributed by atoms with van der Waals surface area (Å²) in [5, 5.41) is 0. The molecule has 3 rings (SSSR count). The summed E-state index contributed by atoms with van der Waals surface area (Å²) in [6.45, 7) is 5.15. The zero-order valence-electron chi connectivity index (χ0n) is 19.1. The highest BCUT2D eigenvalue weighted by atomic mass is 16.6. The zero-order valence-corrected chi connectivity index (χ0v) is 19.1. The Morgan fingerprint density at radius 1 is 1.03 bits per heavy atom. The summed E-state index contributed by atoms with van der Waals surface area (Å²) >= 11 is 0. The number of nitrogens with zero attached hydrogens (tertiary/aromatic N) is 4. The van der Waals surface area contributed by atoms with E-state index in [2.05, 4.69) is 9.98 Å². The van der Waals surface area contributed by atoms with Crippen molar-refractivity contribution in [3.63, 3.8) is 0 Å². The van der Waals surface area contributed by atoms with Crippen LogP contribution in [-0.4, -0.2) is 53.8 Å². The van der Waals surface area contributed by atoms with E-state index in [9.17, 15) is 9.59 Å². The van der Waals surface area contributed by atoms with Crippen LogP contribution < -0.4 is 4.90 Å². The Morgan fingerprint density at radius 2 is 1.69 bits per heavy atom. The van der Waals surface area contributed by atoms with Gasteiger partial charge in [0, 0.05) is 32.2 Å². The van der Waals surface area contributed by atoms with Crippen molar-refractivity contribution in [2.75, 3.05) is 25.5 Å². The lowest BCUT2D eigenvalue weighted by molar-refractivity contribution is -0.156. The number of amides is 1. The maximum absolute atomic E-state index is 13.1. The van der Waals surface area contributed by atoms with Crippen LogP contribution in [0.5, 0.6) is 0 Å². The van der Waals surface area contributed by atoms with Crippen LogP contribution in [0.3, 0.4) is 0 Å². The van der Waals surface area contributed by atoms with E-state index in [1.54, 1.807) is 45.3 Å². The number of hydrogen-bond donors (Lipinski definition) is 0. The SMILES string of the molecule is CN(C)c1ccc(/C=C2N=C(/C=C/c3ccncc3)N(CC(=O)OC(C)(C)C)C\2=O)cc1. The van der Waals surface area contributed by atoms with Gasteiger partial charge in [-0.15, -0.1) is 0 Å². The van der Waals surface area contributed by atoms with E-state index in [1.165, 1.54) is 4.90 Å². The van der Waals surface area contributed by atoms with E-state index in [1.807, 2.05) is 61.5 Å². The second kappa shape index (κ2) is 9.60. The van der Waals surface area contributed by atoms with Crippen LogP contribution in [0.25, 0.3) is 12.2 Å². The van der Waals surface area contributed by atoms with Gasteiger partial charge in [-0.25, -0.2) is 4.99 Å². The topological polar surface area (TPSA) is 75.1 Å². The van der Waals surface area contributed by atoms with Crippen molar-refractivity contribution in [3.8, 4) is 0 Å². The highest BCUT2D eigenvalue weighted by Gasteiger charge is 2.32. The molecule has 1 amide bonds. The number of aromatic nitrogens is 1. The zero-order chi connectivity index (χ0) is 23.3. The number of anilines is 1. The fraction of sp³-hybridized carbons (Fsp3) is 0.280. The summed E-state index contributed by atoms with van der Waals surface area (Å²) in [5.41, 5.74) is 2.43. The number of hydrogen-bond acceptors (Lipinski definition) is 6. The molecule has 1 aromatic heterocycles. The van der Waals surface area contributed by atoms with E-state index in [-0.39, 0.29) is 18.1 Å². The molecule has 0 fully saturated rings. The van der Waals surface area contributed by atoms with Crippen molar-refractivity contribution in [2.24, 2.45) is 4.99 Å². The molecule has 0 radical (unpaired) electrons. The predicted molar refractivity (Wildman–Crippen MR) is 127 cm³/mol. The van der Waals surface area contributed by atoms with Crippen LogP contribution >= 0.6 is 0 Å². The number of benzene rings is 1. The van der Waals surface area contributed by atoms with Crippen LogP contribution in [0.1, 0.15) is 31.9 Å². The Hall–Kier alpha value is -3.74. The van der Waals surface area contributed by atoms with Crippen molar-refractivity contribution < 1.29 is 14.3 Å². The molecule has 1 aliphatic heterocycles. The molecule has 0 spiro atoms. The van der Waals surface area contributed by atoms with Crippen LogP contribution in [0.2, 0.25) is 0 Å². The van der Waals surface area contributed by atoms with Gasteiger partial charge in [0.2, 0.25) is 0 Å². The van der Waals surface area contributed by atoms with Gasteiger partial charge >= 0.3 is 5.97 Å². The third-order valence-electron chi connectivity index (χ3n) is 4.53. The van der Waals surface area contributed by atoms with Gasteiger partial charge in [-0.05, 0) is 68.3 Å². The molecule has 0 unspecified atom stereocenters. The van der Waals surface area contributed by atoms with Crippen molar-refractivity contribution in [1.29, 1.82) is 0 Å². The average molecular weight is 433 g/mol. The molecule has 7 nitrogen and oxygen atoms in total. The van der Waals surface area contributed by atoms with E-state index in [0.29, 0.717) is 5.84 Å². The number of carbonyl (C=O) groups is 2. The van der Waals surface area contributed by atoms with Crippen LogP contribution in [0, 0.1) is 0 Å². The number of carbonyl (C=O) groups excluding carboxylic acids is 2. The van der Waals surface area contributed by atoms with Gasteiger partial charge in [0.15, 0.2) is 0 Å². The fourth-order valence-corrected chi connectivity index (χ4v) is 3.02. The molecule has 0 saturated heterocycles. The third kappa shape index (κ3) is 6.14. The fourth-order valence-electron chi connectivity index (χ4n) is 3.02. The van der Waals surface area contributed by atoms with Gasteiger partial charge in [0.25, 0.3) is 5.91 Å². The Kier molecular flexibility index (Phi) is 6.88. The summed E-state index contributed by atoms with van der Waals surface area (Å²) in [6, 6.07) is 11.5. The quantitative estimate of drug-likeness (QED) is 0.513. The van der Waals surface area contributed by atoms with Crippen LogP contribution in [0.15, 0.2) is 65.6 Å². The first-order valence-electron chi connectivity index (χ1n) is 10.3. The van der Waals surface area contributed by atoms with Crippen molar-refractivity contribution in [3.05, 3.63) is 71.7 Å². The number of esters is 1. The second-order valence-electron chi connectivity index (χ2n) is 8.58. The molecule has 1 aliphatic rings. The predicted octanol–water partition coefficient (Wildman–Crippen LogP) is 3.78. The number of ether oxygens (including phenoxy) is 1. The molecule has 2 heterocycles. The van der Waals surface area contributed by atoms with Gasteiger partial charge in [-0.3, -0.25) is 19.5 Å². The minimum absolute atomic E-state index is 0.216. The number of amidine groups is 1. The van der Waals surface area contributed by atoms with Crippen LogP contribution in [-0.2, 0) is 14.3 Å². The highest BCUT2D eigenvalue weighted by Crippen LogP contribution is 2.21. The first-order valence-corrected chi connectivity index (χ1v) is 10.3. The Labute approximate surface area is 188 Å². The monoisotopic (exact) mass is 432 g/mol. The molecule has 1 aromatic carbocycles. The van der Waals surface area contributed by atoms with Crippen molar-refractivity contribution in [2.45, 2.75) is 26.4 Å². The summed E-state index contributed by atoms with van der Waals surface area (Å²) in [6.07, 6.45) is 8.63. The molecule has 0 N–H and O–H groups in total. The van der Waals surface area contributed by atoms with Gasteiger partial charge in [-0.2, -0.15) is 0 Å². The van der Waals surface area contributed by atoms with E-state index >= 15 is 0 Å². The highest BCUT2D eigenvalue weighted by molar-refractivity contribution is 6.19. The minimum atomic E-state index is -0.642. The number of pyridine rings is 1. The molecule has 166 valence electrons. The van der Waals surface area contributed by atoms with E-state index in [0.717, 1.165) is 16.8 Å². The van der Waals surface area contributed by atoms with Gasteiger partial charge in [0.1, 0.15) is 23.7 Å². The largest absolute Gasteiger partial charge is 0.459 e. The van der Waals surface area contributed by atoms with Crippen molar-refractivity contribution >= 4 is 35.6 Å². The molecule has 7 heteroatoms. The van der Waals surface area contributed by atoms with Gasteiger partial charge < -0.3 is 9.64 Å². The lowest BCUT2D eigenvalue weighted by Crippen LogP contribution is -2.39. The summed E-state index contributed by atoms with van der Waals surface area (Å²) in [4.78, 5) is 37.4. The first kappa shape index (κ1) is 22.9. The third-order valence-corrected chi connectivity index (χ3v) is 4.53. The lowest BCUT2D eigenvalue weighted by atomic mass is 10.1. The van der Waals surface area contributed by atoms with Gasteiger partial charge in [0.05, 0.1) is 0 Å². The summed E-state index contributed by atoms with van der Waals surface area (Å²) in [5.74, 6) is -0.455. The molecule has 0 atom stereocenters. The normalized spacial score (nSPS) is 15.4. The summed E-state index contributed by atoms with van der Waals surface area (Å²) in [7, 11) is 3.93. The average Bonchev–Trinajstić information content (AvgIpc) is 3.01. The molecule has 0 aliphatic carbocycles. The van der Waals surface area contributed by atoms with Gasteiger partial charge in [-0.1, -0.05) is 18.2 Å². The lowest BCUT2D eigenvalue weighted by Gasteiger charge is -2.22. The number of rotatable bonds is 6. The molecular formula is C25H28N4O3.